The molecule has 0 amide bonds. The summed E-state index contributed by atoms with van der Waals surface area (Å²) in [4.78, 5) is 12.8. The molecular formula is C16H15ClFNO2. The van der Waals surface area contributed by atoms with Crippen molar-refractivity contribution in [1.29, 1.82) is 0 Å². The first-order chi connectivity index (χ1) is 9.95. The molecule has 2 aromatic carbocycles. The first-order valence-electron chi connectivity index (χ1n) is 6.40. The van der Waals surface area contributed by atoms with Crippen LogP contribution in [0.25, 0.3) is 0 Å². The Labute approximate surface area is 127 Å². The lowest BCUT2D eigenvalue weighted by Crippen LogP contribution is -2.17. The Morgan fingerprint density at radius 2 is 1.86 bits per heavy atom. The molecule has 110 valence electrons. The molecule has 0 heterocycles. The number of benzene rings is 2. The van der Waals surface area contributed by atoms with Gasteiger partial charge in [-0.3, -0.25) is 4.90 Å². The van der Waals surface area contributed by atoms with E-state index in [0.717, 1.165) is 11.1 Å². The van der Waals surface area contributed by atoms with Gasteiger partial charge in [-0.25, -0.2) is 9.18 Å². The summed E-state index contributed by atoms with van der Waals surface area (Å²) in [5.74, 6) is -1.25. The summed E-state index contributed by atoms with van der Waals surface area (Å²) in [6.45, 7) is 1.13. The van der Waals surface area contributed by atoms with E-state index in [4.69, 9.17) is 16.7 Å². The highest BCUT2D eigenvalue weighted by atomic mass is 35.5. The molecule has 2 rings (SSSR count). The molecule has 0 aliphatic heterocycles. The number of halogens is 2. The van der Waals surface area contributed by atoms with Gasteiger partial charge in [0.2, 0.25) is 0 Å². The summed E-state index contributed by atoms with van der Waals surface area (Å²) in [6.07, 6.45) is 0. The van der Waals surface area contributed by atoms with Gasteiger partial charge >= 0.3 is 5.97 Å². The van der Waals surface area contributed by atoms with E-state index in [0.29, 0.717) is 18.1 Å². The van der Waals surface area contributed by atoms with Crippen LogP contribution in [-0.2, 0) is 13.1 Å². The lowest BCUT2D eigenvalue weighted by Gasteiger charge is -2.17. The number of carboxylic acid groups (broad SMARTS) is 1. The molecule has 3 nitrogen and oxygen atoms in total. The second kappa shape index (κ2) is 6.70. The minimum atomic E-state index is -0.943. The smallest absolute Gasteiger partial charge is 0.335 e. The Morgan fingerprint density at radius 3 is 2.48 bits per heavy atom. The molecule has 0 saturated heterocycles. The van der Waals surface area contributed by atoms with E-state index in [1.807, 2.05) is 11.9 Å². The third kappa shape index (κ3) is 4.28. The molecule has 0 aliphatic rings. The maximum atomic E-state index is 13.2. The van der Waals surface area contributed by atoms with Crippen LogP contribution in [0.2, 0.25) is 5.02 Å². The Bertz CT molecular complexity index is 643. The molecule has 0 aromatic heterocycles. The van der Waals surface area contributed by atoms with Crippen molar-refractivity contribution in [1.82, 2.24) is 4.90 Å². The Hall–Kier alpha value is -1.91. The summed E-state index contributed by atoms with van der Waals surface area (Å²) in [5, 5.41) is 9.38. The minimum Gasteiger partial charge on any atom is -0.478 e. The highest BCUT2D eigenvalue weighted by Gasteiger charge is 2.08. The van der Waals surface area contributed by atoms with Crippen LogP contribution in [0.5, 0.6) is 0 Å². The Balaban J connectivity index is 2.02. The van der Waals surface area contributed by atoms with Gasteiger partial charge in [0.25, 0.3) is 0 Å². The first-order valence-corrected chi connectivity index (χ1v) is 6.78. The maximum Gasteiger partial charge on any atom is 0.335 e. The molecule has 0 bridgehead atoms. The van der Waals surface area contributed by atoms with E-state index in [1.54, 1.807) is 30.3 Å². The van der Waals surface area contributed by atoms with Crippen molar-refractivity contribution >= 4 is 17.6 Å². The first kappa shape index (κ1) is 15.5. The summed E-state index contributed by atoms with van der Waals surface area (Å²) in [7, 11) is 1.90. The van der Waals surface area contributed by atoms with Crippen molar-refractivity contribution in [3.63, 3.8) is 0 Å². The highest BCUT2D eigenvalue weighted by Crippen LogP contribution is 2.19. The van der Waals surface area contributed by atoms with Crippen LogP contribution in [0.3, 0.4) is 0 Å². The normalized spacial score (nSPS) is 10.9. The summed E-state index contributed by atoms with van der Waals surface area (Å²) < 4.78 is 13.2. The summed E-state index contributed by atoms with van der Waals surface area (Å²) >= 11 is 6.04. The van der Waals surface area contributed by atoms with Crippen molar-refractivity contribution < 1.29 is 14.3 Å². The quantitative estimate of drug-likeness (QED) is 0.913. The molecular weight excluding hydrogens is 293 g/mol. The van der Waals surface area contributed by atoms with Gasteiger partial charge in [-0.2, -0.15) is 0 Å². The molecule has 0 saturated carbocycles. The standard InChI is InChI=1S/C16H15ClFNO2/c1-19(10-13-8-14(18)6-7-15(13)17)9-11-2-4-12(5-3-11)16(20)21/h2-8H,9-10H2,1H3,(H,20,21). The largest absolute Gasteiger partial charge is 0.478 e. The van der Waals surface area contributed by atoms with Gasteiger partial charge in [0.1, 0.15) is 5.82 Å². The van der Waals surface area contributed by atoms with Crippen LogP contribution in [0.1, 0.15) is 21.5 Å². The fraction of sp³-hybridized carbons (Fsp3) is 0.188. The van der Waals surface area contributed by atoms with Crippen molar-refractivity contribution in [2.24, 2.45) is 0 Å². The fourth-order valence-electron chi connectivity index (χ4n) is 2.08. The molecule has 2 aromatic rings. The maximum absolute atomic E-state index is 13.2. The van der Waals surface area contributed by atoms with Crippen LogP contribution in [0, 0.1) is 5.82 Å². The van der Waals surface area contributed by atoms with Crippen molar-refractivity contribution in [2.45, 2.75) is 13.1 Å². The number of carboxylic acids is 1. The van der Waals surface area contributed by atoms with E-state index in [2.05, 4.69) is 0 Å². The fourth-order valence-corrected chi connectivity index (χ4v) is 2.25. The molecule has 0 unspecified atom stereocenters. The molecule has 0 fully saturated rings. The molecule has 0 aliphatic carbocycles. The molecule has 21 heavy (non-hydrogen) atoms. The third-order valence-electron chi connectivity index (χ3n) is 3.10. The van der Waals surface area contributed by atoms with Crippen molar-refractivity contribution in [3.8, 4) is 0 Å². The number of hydrogen-bond acceptors (Lipinski definition) is 2. The molecule has 0 radical (unpaired) electrons. The predicted molar refractivity (Wildman–Crippen MR) is 80.0 cm³/mol. The molecule has 5 heteroatoms. The van der Waals surface area contributed by atoms with Gasteiger partial charge in [0.05, 0.1) is 5.56 Å². The molecule has 0 spiro atoms. The summed E-state index contributed by atoms with van der Waals surface area (Å²) in [6, 6.07) is 11.0. The van der Waals surface area contributed by atoms with Crippen LogP contribution < -0.4 is 0 Å². The number of hydrogen-bond donors (Lipinski definition) is 1. The average molecular weight is 308 g/mol. The zero-order chi connectivity index (χ0) is 15.4. The lowest BCUT2D eigenvalue weighted by atomic mass is 10.1. The topological polar surface area (TPSA) is 40.5 Å². The third-order valence-corrected chi connectivity index (χ3v) is 3.47. The zero-order valence-corrected chi connectivity index (χ0v) is 12.3. The van der Waals surface area contributed by atoms with E-state index in [1.165, 1.54) is 12.1 Å². The van der Waals surface area contributed by atoms with Crippen molar-refractivity contribution in [2.75, 3.05) is 7.05 Å². The van der Waals surface area contributed by atoms with E-state index >= 15 is 0 Å². The van der Waals surface area contributed by atoms with E-state index in [-0.39, 0.29) is 11.4 Å². The Morgan fingerprint density at radius 1 is 1.19 bits per heavy atom. The molecule has 0 atom stereocenters. The zero-order valence-electron chi connectivity index (χ0n) is 11.5. The summed E-state index contributed by atoms with van der Waals surface area (Å²) in [5.41, 5.74) is 1.96. The van der Waals surface area contributed by atoms with Gasteiger partial charge in [0, 0.05) is 18.1 Å². The minimum absolute atomic E-state index is 0.259. The predicted octanol–water partition coefficient (Wildman–Crippen LogP) is 3.81. The SMILES string of the molecule is CN(Cc1ccc(C(=O)O)cc1)Cc1cc(F)ccc1Cl. The van der Waals surface area contributed by atoms with Crippen LogP contribution in [0.15, 0.2) is 42.5 Å². The van der Waals surface area contributed by atoms with Crippen LogP contribution in [0.4, 0.5) is 4.39 Å². The number of nitrogens with zero attached hydrogens (tertiary/aromatic N) is 1. The molecule has 1 N–H and O–H groups in total. The van der Waals surface area contributed by atoms with Crippen molar-refractivity contribution in [3.05, 3.63) is 70.0 Å². The monoisotopic (exact) mass is 307 g/mol. The highest BCUT2D eigenvalue weighted by molar-refractivity contribution is 6.31. The second-order valence-electron chi connectivity index (χ2n) is 4.91. The van der Waals surface area contributed by atoms with E-state index in [9.17, 15) is 9.18 Å². The van der Waals surface area contributed by atoms with Gasteiger partial charge in [-0.1, -0.05) is 23.7 Å². The van der Waals surface area contributed by atoms with E-state index < -0.39 is 5.97 Å². The number of carbonyl (C=O) groups is 1. The second-order valence-corrected chi connectivity index (χ2v) is 5.32. The van der Waals surface area contributed by atoms with Crippen LogP contribution >= 0.6 is 11.6 Å². The lowest BCUT2D eigenvalue weighted by molar-refractivity contribution is 0.0697. The van der Waals surface area contributed by atoms with Gasteiger partial charge in [-0.05, 0) is 48.5 Å². The van der Waals surface area contributed by atoms with Gasteiger partial charge < -0.3 is 5.11 Å². The van der Waals surface area contributed by atoms with Gasteiger partial charge in [-0.15, -0.1) is 0 Å². The Kier molecular flexibility index (Phi) is 4.94. The number of aromatic carboxylic acids is 1. The average Bonchev–Trinajstić information content (AvgIpc) is 2.43. The number of rotatable bonds is 5. The van der Waals surface area contributed by atoms with Gasteiger partial charge in [0.15, 0.2) is 0 Å². The van der Waals surface area contributed by atoms with Crippen LogP contribution in [-0.4, -0.2) is 23.0 Å².